The van der Waals surface area contributed by atoms with Crippen molar-refractivity contribution in [3.05, 3.63) is 59.7 Å². The van der Waals surface area contributed by atoms with Crippen molar-refractivity contribution in [1.82, 2.24) is 9.80 Å². The Morgan fingerprint density at radius 3 is 2.47 bits per heavy atom. The Morgan fingerprint density at radius 2 is 1.81 bits per heavy atom. The summed E-state index contributed by atoms with van der Waals surface area (Å²) in [5.41, 5.74) is 1.37. The van der Waals surface area contributed by atoms with Crippen molar-refractivity contribution in [3.8, 4) is 5.75 Å². The lowest BCUT2D eigenvalue weighted by atomic mass is 10.0. The first-order valence-corrected chi connectivity index (χ1v) is 11.9. The number of carbonyl (C=O) groups is 3. The van der Waals surface area contributed by atoms with E-state index in [0.29, 0.717) is 35.7 Å². The van der Waals surface area contributed by atoms with Gasteiger partial charge in [-0.1, -0.05) is 25.1 Å². The Bertz CT molecular complexity index is 1060. The van der Waals surface area contributed by atoms with Crippen molar-refractivity contribution in [2.75, 3.05) is 52.9 Å². The number of nitrogens with zero attached hydrogens (tertiary/aromatic N) is 2. The maximum Gasteiger partial charge on any atom is 0.257 e. The van der Waals surface area contributed by atoms with Gasteiger partial charge in [0.1, 0.15) is 19.0 Å². The molecule has 3 atom stereocenters. The topological polar surface area (TPSA) is 97.4 Å². The molecule has 0 saturated heterocycles. The van der Waals surface area contributed by atoms with E-state index in [2.05, 4.69) is 5.32 Å². The van der Waals surface area contributed by atoms with E-state index in [-0.39, 0.29) is 49.0 Å². The van der Waals surface area contributed by atoms with Gasteiger partial charge in [-0.25, -0.2) is 0 Å². The molecule has 3 rings (SSSR count). The number of methoxy groups -OCH3 is 2. The van der Waals surface area contributed by atoms with Crippen LogP contribution < -0.4 is 10.1 Å². The monoisotopic (exact) mass is 497 g/mol. The number of amides is 3. The molecule has 1 aliphatic rings. The summed E-state index contributed by atoms with van der Waals surface area (Å²) in [4.78, 5) is 42.2. The molecule has 2 aromatic rings. The van der Waals surface area contributed by atoms with Crippen LogP contribution in [-0.2, 0) is 14.3 Å². The molecule has 0 fully saturated rings. The van der Waals surface area contributed by atoms with Gasteiger partial charge in [-0.15, -0.1) is 0 Å². The van der Waals surface area contributed by atoms with Crippen LogP contribution in [0.3, 0.4) is 0 Å². The quantitative estimate of drug-likeness (QED) is 0.682. The maximum atomic E-state index is 13.4. The van der Waals surface area contributed by atoms with E-state index < -0.39 is 0 Å². The number of rotatable bonds is 5. The third-order valence-electron chi connectivity index (χ3n) is 6.29. The van der Waals surface area contributed by atoms with E-state index in [1.165, 1.54) is 7.11 Å². The number of carbonyl (C=O) groups excluding carboxylic acids is 3. The van der Waals surface area contributed by atoms with Crippen molar-refractivity contribution in [3.63, 3.8) is 0 Å². The average Bonchev–Trinajstić information content (AvgIpc) is 2.88. The second kappa shape index (κ2) is 12.5. The Labute approximate surface area is 212 Å². The zero-order valence-corrected chi connectivity index (χ0v) is 21.5. The smallest absolute Gasteiger partial charge is 0.257 e. The van der Waals surface area contributed by atoms with Crippen LogP contribution >= 0.6 is 0 Å². The molecule has 0 aliphatic carbocycles. The van der Waals surface area contributed by atoms with Crippen molar-refractivity contribution < 1.29 is 28.6 Å². The summed E-state index contributed by atoms with van der Waals surface area (Å²) in [6.07, 6.45) is -0.300. The SMILES string of the molecule is COCC(=O)Nc1ccc2c(c1)C(=O)N(C)C[C@@H](OC)[C@@H](C)CN(C(=O)c1ccccc1)[C@H](C)CO2. The Hall–Kier alpha value is -3.43. The first-order chi connectivity index (χ1) is 17.2. The van der Waals surface area contributed by atoms with E-state index >= 15 is 0 Å². The van der Waals surface area contributed by atoms with Gasteiger partial charge in [0, 0.05) is 51.5 Å². The molecule has 9 heteroatoms. The highest BCUT2D eigenvalue weighted by atomic mass is 16.5. The van der Waals surface area contributed by atoms with Gasteiger partial charge in [-0.3, -0.25) is 14.4 Å². The van der Waals surface area contributed by atoms with Gasteiger partial charge in [0.2, 0.25) is 5.91 Å². The average molecular weight is 498 g/mol. The van der Waals surface area contributed by atoms with Crippen LogP contribution in [0.5, 0.6) is 5.75 Å². The molecule has 9 nitrogen and oxygen atoms in total. The Morgan fingerprint density at radius 1 is 1.08 bits per heavy atom. The minimum atomic E-state index is -0.329. The van der Waals surface area contributed by atoms with Crippen molar-refractivity contribution in [2.45, 2.75) is 26.0 Å². The number of hydrogen-bond donors (Lipinski definition) is 1. The molecule has 1 N–H and O–H groups in total. The summed E-state index contributed by atoms with van der Waals surface area (Å²) in [6, 6.07) is 13.8. The number of anilines is 1. The fraction of sp³-hybridized carbons (Fsp3) is 0.444. The molecule has 0 bridgehead atoms. The molecule has 0 spiro atoms. The number of ether oxygens (including phenoxy) is 3. The molecular weight excluding hydrogens is 462 g/mol. The highest BCUT2D eigenvalue weighted by molar-refractivity contribution is 5.99. The third kappa shape index (κ3) is 6.61. The summed E-state index contributed by atoms with van der Waals surface area (Å²) >= 11 is 0. The lowest BCUT2D eigenvalue weighted by molar-refractivity contribution is -0.119. The zero-order valence-electron chi connectivity index (χ0n) is 21.5. The predicted octanol–water partition coefficient (Wildman–Crippen LogP) is 2.92. The Balaban J connectivity index is 1.96. The summed E-state index contributed by atoms with van der Waals surface area (Å²) in [7, 11) is 4.74. The van der Waals surface area contributed by atoms with Gasteiger partial charge < -0.3 is 29.3 Å². The van der Waals surface area contributed by atoms with Crippen molar-refractivity contribution in [2.24, 2.45) is 5.92 Å². The minimum absolute atomic E-state index is 0.0566. The molecule has 0 unspecified atom stereocenters. The van der Waals surface area contributed by atoms with E-state index in [0.717, 1.165) is 0 Å². The molecule has 0 aromatic heterocycles. The van der Waals surface area contributed by atoms with Gasteiger partial charge >= 0.3 is 0 Å². The largest absolute Gasteiger partial charge is 0.491 e. The van der Waals surface area contributed by atoms with Crippen molar-refractivity contribution >= 4 is 23.4 Å². The summed E-state index contributed by atoms with van der Waals surface area (Å²) in [5.74, 6) is -0.361. The molecular formula is C27H35N3O6. The first-order valence-electron chi connectivity index (χ1n) is 11.9. The lowest BCUT2D eigenvalue weighted by Crippen LogP contribution is -2.48. The summed E-state index contributed by atoms with van der Waals surface area (Å²) in [6.45, 7) is 4.77. The first kappa shape index (κ1) is 27.2. The van der Waals surface area contributed by atoms with Gasteiger partial charge in [0.25, 0.3) is 11.8 Å². The van der Waals surface area contributed by atoms with Gasteiger partial charge in [-0.05, 0) is 37.3 Å². The lowest BCUT2D eigenvalue weighted by Gasteiger charge is -2.36. The van der Waals surface area contributed by atoms with Crippen LogP contribution in [-0.4, -0.2) is 87.2 Å². The minimum Gasteiger partial charge on any atom is -0.491 e. The van der Waals surface area contributed by atoms with Gasteiger partial charge in [-0.2, -0.15) is 0 Å². The van der Waals surface area contributed by atoms with Crippen LogP contribution in [0.15, 0.2) is 48.5 Å². The molecule has 2 aromatic carbocycles. The van der Waals surface area contributed by atoms with Crippen LogP contribution in [0.1, 0.15) is 34.6 Å². The van der Waals surface area contributed by atoms with E-state index in [1.54, 1.807) is 54.3 Å². The summed E-state index contributed by atoms with van der Waals surface area (Å²) in [5, 5.41) is 2.72. The fourth-order valence-electron chi connectivity index (χ4n) is 4.21. The normalized spacial score (nSPS) is 21.0. The van der Waals surface area contributed by atoms with Crippen LogP contribution in [0, 0.1) is 5.92 Å². The van der Waals surface area contributed by atoms with E-state index in [4.69, 9.17) is 14.2 Å². The number of nitrogens with one attached hydrogen (secondary N) is 1. The fourth-order valence-corrected chi connectivity index (χ4v) is 4.21. The zero-order chi connectivity index (χ0) is 26.2. The van der Waals surface area contributed by atoms with Crippen LogP contribution in [0.25, 0.3) is 0 Å². The number of likely N-dealkylation sites (N-methyl/N-ethyl adjacent to an activating group) is 1. The molecule has 3 amide bonds. The van der Waals surface area contributed by atoms with Crippen LogP contribution in [0.4, 0.5) is 5.69 Å². The van der Waals surface area contributed by atoms with E-state index in [1.807, 2.05) is 32.0 Å². The van der Waals surface area contributed by atoms with Crippen LogP contribution in [0.2, 0.25) is 0 Å². The highest BCUT2D eigenvalue weighted by Gasteiger charge is 2.30. The summed E-state index contributed by atoms with van der Waals surface area (Å²) < 4.78 is 16.7. The maximum absolute atomic E-state index is 13.4. The standard InChI is InChI=1S/C27H35N3O6/c1-18-14-30(26(32)20-9-7-6-8-10-20)19(2)16-36-23-12-11-21(28-25(31)17-34-4)13-22(23)27(33)29(3)15-24(18)35-5/h6-13,18-19,24H,14-17H2,1-5H3,(H,28,31)/t18-,19+,24+/m0/s1. The third-order valence-corrected chi connectivity index (χ3v) is 6.29. The molecule has 1 heterocycles. The molecule has 1 aliphatic heterocycles. The van der Waals surface area contributed by atoms with Gasteiger partial charge in [0.05, 0.1) is 17.7 Å². The Kier molecular flexibility index (Phi) is 9.44. The number of hydrogen-bond acceptors (Lipinski definition) is 6. The molecule has 0 radical (unpaired) electrons. The number of fused-ring (bicyclic) bond motifs is 1. The second-order valence-electron chi connectivity index (χ2n) is 9.11. The van der Waals surface area contributed by atoms with Crippen molar-refractivity contribution in [1.29, 1.82) is 0 Å². The molecule has 194 valence electrons. The van der Waals surface area contributed by atoms with E-state index in [9.17, 15) is 14.4 Å². The molecule has 0 saturated carbocycles. The highest BCUT2D eigenvalue weighted by Crippen LogP contribution is 2.27. The predicted molar refractivity (Wildman–Crippen MR) is 136 cm³/mol. The molecule has 36 heavy (non-hydrogen) atoms. The second-order valence-corrected chi connectivity index (χ2v) is 9.11. The number of benzene rings is 2. The van der Waals surface area contributed by atoms with Gasteiger partial charge in [0.15, 0.2) is 0 Å².